The highest BCUT2D eigenvalue weighted by Crippen LogP contribution is 2.20. The molecule has 2 nitrogen and oxygen atoms in total. The molecule has 1 rings (SSSR count). The number of rotatable bonds is 2. The van der Waals surface area contributed by atoms with Crippen LogP contribution in [0.5, 0.6) is 0 Å². The van der Waals surface area contributed by atoms with Crippen molar-refractivity contribution in [2.45, 2.75) is 18.9 Å². The van der Waals surface area contributed by atoms with Gasteiger partial charge in [-0.25, -0.2) is 3.11 Å². The molecule has 1 saturated heterocycles. The van der Waals surface area contributed by atoms with E-state index in [1.165, 1.54) is 25.9 Å². The second-order valence-electron chi connectivity index (χ2n) is 3.18. The third kappa shape index (κ3) is 2.36. The van der Waals surface area contributed by atoms with E-state index in [2.05, 4.69) is 45.0 Å². The molecule has 1 atom stereocenters. The van der Waals surface area contributed by atoms with E-state index in [1.54, 1.807) is 0 Å². The molecule has 3 heteroatoms. The van der Waals surface area contributed by atoms with Gasteiger partial charge < -0.3 is 4.90 Å². The van der Waals surface area contributed by atoms with E-state index in [4.69, 9.17) is 0 Å². The van der Waals surface area contributed by atoms with Gasteiger partial charge in [0.2, 0.25) is 0 Å². The molecule has 0 aliphatic carbocycles. The van der Waals surface area contributed by atoms with Crippen LogP contribution in [0, 0.1) is 0 Å². The Morgan fingerprint density at radius 3 is 2.70 bits per heavy atom. The van der Waals surface area contributed by atoms with Gasteiger partial charge >= 0.3 is 0 Å². The van der Waals surface area contributed by atoms with E-state index in [-0.39, 0.29) is 0 Å². The first-order valence-corrected chi connectivity index (χ1v) is 4.74. The average molecular weight is 254 g/mol. The fraction of sp³-hybridized carbons (Fsp3) is 1.00. The summed E-state index contributed by atoms with van der Waals surface area (Å²) in [6, 6.07) is 0.801. The summed E-state index contributed by atoms with van der Waals surface area (Å²) in [5.74, 6) is 0. The topological polar surface area (TPSA) is 6.48 Å². The summed E-state index contributed by atoms with van der Waals surface area (Å²) < 4.78 is 2.43. The molecule has 0 spiro atoms. The average Bonchev–Trinajstić information content (AvgIpc) is 2.15. The molecule has 60 valence electrons. The van der Waals surface area contributed by atoms with Crippen LogP contribution in [0.25, 0.3) is 0 Å². The highest BCUT2D eigenvalue weighted by molar-refractivity contribution is 14.1. The first-order valence-electron chi connectivity index (χ1n) is 3.77. The van der Waals surface area contributed by atoms with Gasteiger partial charge in [0.25, 0.3) is 0 Å². The van der Waals surface area contributed by atoms with Crippen molar-refractivity contribution in [3.8, 4) is 0 Å². The van der Waals surface area contributed by atoms with Crippen LogP contribution in [-0.2, 0) is 0 Å². The third-order valence-corrected chi connectivity index (χ3v) is 3.15. The van der Waals surface area contributed by atoms with Gasteiger partial charge in [0.05, 0.1) is 0 Å². The number of hydrogen-bond acceptors (Lipinski definition) is 2. The maximum absolute atomic E-state index is 2.43. The van der Waals surface area contributed by atoms with Gasteiger partial charge in [-0.1, -0.05) is 0 Å². The fourth-order valence-electron chi connectivity index (χ4n) is 1.40. The Hall–Kier alpha value is 0.650. The van der Waals surface area contributed by atoms with E-state index in [0.29, 0.717) is 0 Å². The normalized spacial score (nSPS) is 28.2. The second kappa shape index (κ2) is 3.88. The van der Waals surface area contributed by atoms with Gasteiger partial charge in [-0.2, -0.15) is 0 Å². The van der Waals surface area contributed by atoms with E-state index in [9.17, 15) is 0 Å². The number of halogens is 1. The molecule has 1 aliphatic heterocycles. The summed E-state index contributed by atoms with van der Waals surface area (Å²) in [5.41, 5.74) is 0. The third-order valence-electron chi connectivity index (χ3n) is 1.88. The lowest BCUT2D eigenvalue weighted by Gasteiger charge is -2.20. The first kappa shape index (κ1) is 8.74. The summed E-state index contributed by atoms with van der Waals surface area (Å²) >= 11 is 2.43. The zero-order chi connectivity index (χ0) is 7.56. The van der Waals surface area contributed by atoms with Crippen LogP contribution in [0.15, 0.2) is 0 Å². The van der Waals surface area contributed by atoms with Crippen molar-refractivity contribution in [1.29, 1.82) is 0 Å². The van der Waals surface area contributed by atoms with Crippen LogP contribution in [0.2, 0.25) is 0 Å². The SMILES string of the molecule is CN(C)C[C@H]1CCCN1I. The molecule has 1 heterocycles. The molecule has 0 aromatic rings. The maximum Gasteiger partial charge on any atom is 0.0321 e. The molecule has 0 aromatic heterocycles. The Morgan fingerprint density at radius 2 is 2.30 bits per heavy atom. The maximum atomic E-state index is 2.43. The molecule has 0 radical (unpaired) electrons. The summed E-state index contributed by atoms with van der Waals surface area (Å²) in [5, 5.41) is 0. The van der Waals surface area contributed by atoms with Crippen molar-refractivity contribution >= 4 is 22.9 Å². The van der Waals surface area contributed by atoms with E-state index >= 15 is 0 Å². The Bertz CT molecular complexity index is 106. The van der Waals surface area contributed by atoms with Gasteiger partial charge in [-0.3, -0.25) is 0 Å². The molecule has 1 aliphatic rings. The van der Waals surface area contributed by atoms with Gasteiger partial charge in [0, 0.05) is 42.0 Å². The summed E-state index contributed by atoms with van der Waals surface area (Å²) in [6.45, 7) is 2.49. The predicted octanol–water partition coefficient (Wildman–Crippen LogP) is 1.36. The Morgan fingerprint density at radius 1 is 1.60 bits per heavy atom. The molecule has 0 N–H and O–H groups in total. The van der Waals surface area contributed by atoms with E-state index in [0.717, 1.165) is 6.04 Å². The van der Waals surface area contributed by atoms with Crippen molar-refractivity contribution in [1.82, 2.24) is 8.01 Å². The van der Waals surface area contributed by atoms with E-state index in [1.807, 2.05) is 0 Å². The van der Waals surface area contributed by atoms with Crippen LogP contribution in [-0.4, -0.2) is 41.2 Å². The highest BCUT2D eigenvalue weighted by Gasteiger charge is 2.22. The lowest BCUT2D eigenvalue weighted by Crippen LogP contribution is -2.31. The molecular weight excluding hydrogens is 239 g/mol. The van der Waals surface area contributed by atoms with Crippen LogP contribution >= 0.6 is 22.9 Å². The van der Waals surface area contributed by atoms with Crippen molar-refractivity contribution in [2.75, 3.05) is 27.2 Å². The van der Waals surface area contributed by atoms with Crippen molar-refractivity contribution in [3.05, 3.63) is 0 Å². The van der Waals surface area contributed by atoms with Crippen molar-refractivity contribution in [2.24, 2.45) is 0 Å². The van der Waals surface area contributed by atoms with Gasteiger partial charge in [0.1, 0.15) is 0 Å². The molecule has 1 fully saturated rings. The van der Waals surface area contributed by atoms with Crippen molar-refractivity contribution in [3.63, 3.8) is 0 Å². The van der Waals surface area contributed by atoms with Gasteiger partial charge in [-0.15, -0.1) is 0 Å². The molecular formula is C7H15IN2. The summed E-state index contributed by atoms with van der Waals surface area (Å²) in [4.78, 5) is 2.27. The number of nitrogens with zero attached hydrogens (tertiary/aromatic N) is 2. The Labute approximate surface area is 77.1 Å². The lowest BCUT2D eigenvalue weighted by molar-refractivity contribution is 0.318. The largest absolute Gasteiger partial charge is 0.308 e. The summed E-state index contributed by atoms with van der Waals surface area (Å²) in [6.07, 6.45) is 2.75. The Kier molecular flexibility index (Phi) is 3.39. The van der Waals surface area contributed by atoms with Gasteiger partial charge in [-0.05, 0) is 26.9 Å². The lowest BCUT2D eigenvalue weighted by atomic mass is 10.2. The molecule has 0 amide bonds. The minimum Gasteiger partial charge on any atom is -0.308 e. The second-order valence-corrected chi connectivity index (χ2v) is 4.42. The van der Waals surface area contributed by atoms with E-state index < -0.39 is 0 Å². The quantitative estimate of drug-likeness (QED) is 0.542. The minimum absolute atomic E-state index is 0.801. The molecule has 0 bridgehead atoms. The minimum atomic E-state index is 0.801. The van der Waals surface area contributed by atoms with Crippen LogP contribution in [0.3, 0.4) is 0 Å². The smallest absolute Gasteiger partial charge is 0.0321 e. The molecule has 0 aromatic carbocycles. The predicted molar refractivity (Wildman–Crippen MR) is 52.3 cm³/mol. The van der Waals surface area contributed by atoms with Gasteiger partial charge in [0.15, 0.2) is 0 Å². The standard InChI is InChI=1S/C7H15IN2/c1-9(2)6-7-4-3-5-10(7)8/h7H,3-6H2,1-2H3/t7-/m1/s1. The van der Waals surface area contributed by atoms with Crippen LogP contribution in [0.1, 0.15) is 12.8 Å². The van der Waals surface area contributed by atoms with Crippen LogP contribution in [0.4, 0.5) is 0 Å². The molecule has 0 saturated carbocycles. The number of likely N-dealkylation sites (N-methyl/N-ethyl adjacent to an activating group) is 1. The number of hydrogen-bond donors (Lipinski definition) is 0. The highest BCUT2D eigenvalue weighted by atomic mass is 127. The first-order chi connectivity index (χ1) is 4.70. The zero-order valence-electron chi connectivity index (χ0n) is 6.68. The Balaban J connectivity index is 2.26. The molecule has 10 heavy (non-hydrogen) atoms. The fourth-order valence-corrected chi connectivity index (χ4v) is 2.20. The van der Waals surface area contributed by atoms with Crippen LogP contribution < -0.4 is 0 Å². The summed E-state index contributed by atoms with van der Waals surface area (Å²) in [7, 11) is 4.28. The monoisotopic (exact) mass is 254 g/mol. The molecule has 0 unspecified atom stereocenters. The zero-order valence-corrected chi connectivity index (χ0v) is 8.84. The van der Waals surface area contributed by atoms with Crippen molar-refractivity contribution < 1.29 is 0 Å².